The molecule has 0 radical (unpaired) electrons. The first kappa shape index (κ1) is 8.97. The minimum atomic E-state index is 0.172. The fraction of sp³-hybridized carbons (Fsp3) is 1.00. The van der Waals surface area contributed by atoms with Gasteiger partial charge in [0.25, 0.3) is 0 Å². The maximum Gasteiger partial charge on any atom is 0.0632 e. The van der Waals surface area contributed by atoms with Crippen LogP contribution in [-0.4, -0.2) is 31.3 Å². The predicted molar refractivity (Wildman–Crippen MR) is 45.5 cm³/mol. The highest BCUT2D eigenvalue weighted by atomic mass is 16.5. The lowest BCUT2D eigenvalue weighted by atomic mass is 10.0. The number of nitrogens with two attached hydrogens (primary N) is 1. The van der Waals surface area contributed by atoms with Gasteiger partial charge in [0.2, 0.25) is 0 Å². The van der Waals surface area contributed by atoms with Gasteiger partial charge in [-0.1, -0.05) is 13.8 Å². The van der Waals surface area contributed by atoms with Gasteiger partial charge in [0, 0.05) is 24.7 Å². The van der Waals surface area contributed by atoms with Crippen LogP contribution in [0, 0.1) is 0 Å². The van der Waals surface area contributed by atoms with Crippen LogP contribution in [0.25, 0.3) is 0 Å². The number of hydrogen-bond donors (Lipinski definition) is 2. The summed E-state index contributed by atoms with van der Waals surface area (Å²) in [5.41, 5.74) is 5.84. The van der Waals surface area contributed by atoms with Gasteiger partial charge in [-0.05, 0) is 6.42 Å². The highest BCUT2D eigenvalue weighted by Crippen LogP contribution is 2.06. The smallest absolute Gasteiger partial charge is 0.0632 e. The van der Waals surface area contributed by atoms with Crippen molar-refractivity contribution in [2.75, 3.05) is 13.2 Å². The summed E-state index contributed by atoms with van der Waals surface area (Å²) in [5, 5.41) is 3.43. The van der Waals surface area contributed by atoms with Crippen LogP contribution in [0.15, 0.2) is 0 Å². The molecule has 0 bridgehead atoms. The van der Waals surface area contributed by atoms with Crippen LogP contribution >= 0.6 is 0 Å². The van der Waals surface area contributed by atoms with Crippen LogP contribution < -0.4 is 11.1 Å². The molecular weight excluding hydrogens is 140 g/mol. The Kier molecular flexibility index (Phi) is 3.30. The zero-order chi connectivity index (χ0) is 8.27. The molecule has 0 aromatic carbocycles. The van der Waals surface area contributed by atoms with Crippen LogP contribution in [0.4, 0.5) is 0 Å². The van der Waals surface area contributed by atoms with Gasteiger partial charge in [-0.3, -0.25) is 0 Å². The minimum absolute atomic E-state index is 0.172. The van der Waals surface area contributed by atoms with Crippen LogP contribution in [0.1, 0.15) is 20.3 Å². The Morgan fingerprint density at radius 2 is 2.27 bits per heavy atom. The maximum absolute atomic E-state index is 5.84. The average Bonchev–Trinajstić information content (AvgIpc) is 1.93. The van der Waals surface area contributed by atoms with Crippen molar-refractivity contribution in [3.63, 3.8) is 0 Å². The van der Waals surface area contributed by atoms with E-state index in [2.05, 4.69) is 19.2 Å². The zero-order valence-corrected chi connectivity index (χ0v) is 7.34. The Bertz CT molecular complexity index is 117. The second-order valence-electron chi connectivity index (χ2n) is 3.46. The fourth-order valence-electron chi connectivity index (χ4n) is 1.40. The Morgan fingerprint density at radius 3 is 2.82 bits per heavy atom. The number of rotatable bonds is 2. The van der Waals surface area contributed by atoms with E-state index in [1.807, 2.05) is 0 Å². The Balaban J connectivity index is 2.29. The molecular formula is C8H18N2O. The summed E-state index contributed by atoms with van der Waals surface area (Å²) >= 11 is 0. The van der Waals surface area contributed by atoms with E-state index in [4.69, 9.17) is 10.5 Å². The molecule has 1 saturated heterocycles. The molecule has 0 saturated carbocycles. The van der Waals surface area contributed by atoms with Gasteiger partial charge in [0.1, 0.15) is 0 Å². The molecule has 2 atom stereocenters. The van der Waals surface area contributed by atoms with Crippen molar-refractivity contribution in [1.29, 1.82) is 0 Å². The van der Waals surface area contributed by atoms with E-state index in [1.165, 1.54) is 0 Å². The van der Waals surface area contributed by atoms with Crippen molar-refractivity contribution >= 4 is 0 Å². The summed E-state index contributed by atoms with van der Waals surface area (Å²) in [5.74, 6) is 0. The normalized spacial score (nSPS) is 32.7. The number of ether oxygens (including phenoxy) is 1. The molecule has 0 amide bonds. The third-order valence-corrected chi connectivity index (χ3v) is 1.95. The molecule has 11 heavy (non-hydrogen) atoms. The first-order valence-corrected chi connectivity index (χ1v) is 4.29. The number of nitrogens with one attached hydrogen (secondary N) is 1. The molecule has 0 spiro atoms. The fourth-order valence-corrected chi connectivity index (χ4v) is 1.40. The summed E-state index contributed by atoms with van der Waals surface area (Å²) in [4.78, 5) is 0. The van der Waals surface area contributed by atoms with Gasteiger partial charge >= 0.3 is 0 Å². The Hall–Kier alpha value is -0.120. The Labute approximate surface area is 68.3 Å². The Morgan fingerprint density at radius 1 is 1.55 bits per heavy atom. The molecule has 0 aliphatic carbocycles. The minimum Gasteiger partial charge on any atom is -0.380 e. The van der Waals surface area contributed by atoms with Gasteiger partial charge in [0.15, 0.2) is 0 Å². The summed E-state index contributed by atoms with van der Waals surface area (Å²) in [6.45, 7) is 5.83. The lowest BCUT2D eigenvalue weighted by molar-refractivity contribution is 0.0599. The van der Waals surface area contributed by atoms with E-state index < -0.39 is 0 Å². The summed E-state index contributed by atoms with van der Waals surface area (Å²) in [7, 11) is 0. The van der Waals surface area contributed by atoms with Crippen LogP contribution in [0.3, 0.4) is 0 Å². The molecule has 3 nitrogen and oxygen atoms in total. The van der Waals surface area contributed by atoms with Crippen molar-refractivity contribution in [3.05, 3.63) is 0 Å². The van der Waals surface area contributed by atoms with E-state index in [9.17, 15) is 0 Å². The maximum atomic E-state index is 5.84. The molecule has 1 fully saturated rings. The lowest BCUT2D eigenvalue weighted by Gasteiger charge is -2.30. The molecule has 66 valence electrons. The van der Waals surface area contributed by atoms with Crippen molar-refractivity contribution < 1.29 is 4.74 Å². The van der Waals surface area contributed by atoms with E-state index >= 15 is 0 Å². The molecule has 2 unspecified atom stereocenters. The van der Waals surface area contributed by atoms with Crippen molar-refractivity contribution in [2.45, 2.75) is 38.4 Å². The molecule has 1 aliphatic heterocycles. The van der Waals surface area contributed by atoms with Gasteiger partial charge < -0.3 is 15.8 Å². The summed E-state index contributed by atoms with van der Waals surface area (Å²) in [6.07, 6.45) is 1.04. The molecule has 0 aromatic rings. The highest BCUT2D eigenvalue weighted by molar-refractivity contribution is 4.83. The summed E-state index contributed by atoms with van der Waals surface area (Å²) < 4.78 is 5.23. The topological polar surface area (TPSA) is 47.3 Å². The van der Waals surface area contributed by atoms with Crippen LogP contribution in [0.5, 0.6) is 0 Å². The van der Waals surface area contributed by atoms with Gasteiger partial charge in [-0.15, -0.1) is 0 Å². The second-order valence-corrected chi connectivity index (χ2v) is 3.46. The van der Waals surface area contributed by atoms with Gasteiger partial charge in [-0.25, -0.2) is 0 Å². The number of hydrogen-bond acceptors (Lipinski definition) is 3. The first-order valence-electron chi connectivity index (χ1n) is 4.29. The molecule has 1 heterocycles. The third-order valence-electron chi connectivity index (χ3n) is 1.95. The molecule has 3 N–H and O–H groups in total. The van der Waals surface area contributed by atoms with Crippen LogP contribution in [-0.2, 0) is 4.74 Å². The van der Waals surface area contributed by atoms with Crippen molar-refractivity contribution in [1.82, 2.24) is 5.32 Å². The second kappa shape index (κ2) is 4.04. The standard InChI is InChI=1S/C8H18N2O/c1-6(2)10-8-3-4-11-5-7(8)9/h6-8,10H,3-5,9H2,1-2H3. The van der Waals surface area contributed by atoms with Gasteiger partial charge in [-0.2, -0.15) is 0 Å². The largest absolute Gasteiger partial charge is 0.380 e. The van der Waals surface area contributed by atoms with Crippen LogP contribution in [0.2, 0.25) is 0 Å². The van der Waals surface area contributed by atoms with Crippen molar-refractivity contribution in [2.24, 2.45) is 5.73 Å². The SMILES string of the molecule is CC(C)NC1CCOCC1N. The van der Waals surface area contributed by atoms with Crippen molar-refractivity contribution in [3.8, 4) is 0 Å². The van der Waals surface area contributed by atoms with Gasteiger partial charge in [0.05, 0.1) is 6.61 Å². The third kappa shape index (κ3) is 2.77. The first-order chi connectivity index (χ1) is 5.20. The van der Waals surface area contributed by atoms with E-state index in [1.54, 1.807) is 0 Å². The summed E-state index contributed by atoms with van der Waals surface area (Å²) in [6, 6.07) is 1.14. The molecule has 0 aromatic heterocycles. The predicted octanol–water partition coefficient (Wildman–Crippen LogP) is 0.101. The molecule has 1 rings (SSSR count). The average molecular weight is 158 g/mol. The monoisotopic (exact) mass is 158 g/mol. The van der Waals surface area contributed by atoms with E-state index in [0.717, 1.165) is 13.0 Å². The zero-order valence-electron chi connectivity index (χ0n) is 7.34. The van der Waals surface area contributed by atoms with E-state index in [-0.39, 0.29) is 6.04 Å². The molecule has 1 aliphatic rings. The highest BCUT2D eigenvalue weighted by Gasteiger charge is 2.21. The lowest BCUT2D eigenvalue weighted by Crippen LogP contribution is -2.53. The quantitative estimate of drug-likeness (QED) is 0.599. The molecule has 3 heteroatoms. The van der Waals surface area contributed by atoms with E-state index in [0.29, 0.717) is 18.7 Å².